The molecule has 45 heavy (non-hydrogen) atoms. The van der Waals surface area contributed by atoms with Gasteiger partial charge in [0.2, 0.25) is 0 Å². The Kier molecular flexibility index (Phi) is 4.53. The Morgan fingerprint density at radius 1 is 0.556 bits per heavy atom. The number of nitrogens with zero attached hydrogens (tertiary/aromatic N) is 2. The molecule has 0 unspecified atom stereocenters. The first kappa shape index (κ1) is 25.2. The molecule has 13 rings (SSSR count). The van der Waals surface area contributed by atoms with Gasteiger partial charge in [0.1, 0.15) is 29.2 Å². The van der Waals surface area contributed by atoms with Crippen molar-refractivity contribution in [2.75, 3.05) is 14.2 Å². The lowest BCUT2D eigenvalue weighted by Crippen LogP contribution is -2.52. The molecule has 2 aromatic carbocycles. The number of allylic oxidation sites excluding steroid dienone is 2. The number of nitriles is 2. The van der Waals surface area contributed by atoms with E-state index in [9.17, 15) is 10.5 Å². The van der Waals surface area contributed by atoms with Crippen molar-refractivity contribution in [2.24, 2.45) is 94.7 Å². The topological polar surface area (TPSA) is 66.0 Å². The van der Waals surface area contributed by atoms with Crippen LogP contribution in [0.4, 0.5) is 0 Å². The Balaban J connectivity index is 0.955. The van der Waals surface area contributed by atoms with Crippen molar-refractivity contribution in [1.82, 2.24) is 0 Å². The molecule has 11 aliphatic rings. The van der Waals surface area contributed by atoms with Crippen LogP contribution >= 0.6 is 0 Å². The molecule has 11 aliphatic carbocycles. The summed E-state index contributed by atoms with van der Waals surface area (Å²) in [5.41, 5.74) is 4.89. The molecule has 4 nitrogen and oxygen atoms in total. The first-order valence-corrected chi connectivity index (χ1v) is 18.4. The van der Waals surface area contributed by atoms with Gasteiger partial charge >= 0.3 is 0 Å². The summed E-state index contributed by atoms with van der Waals surface area (Å²) in [5, 5.41) is 22.2. The van der Waals surface area contributed by atoms with Crippen LogP contribution in [0.3, 0.4) is 0 Å². The standard InChI is InChI=1S/C41H42N2O2/c1-44-40-17-5-3-4-6-18(17)41(45-2)39-22-10-9-21(38(39)40)32-25-12-26(33(22)32)37-28-13-27(36(25)37)34-23-11-24(35(28)34)31-20-8-7-19(30(23)31)29(20)16(14-42)15-43/h3-6,19-28,30-37H,7-13H2,1-2H3/t19-,20+,21-,22+,23-,24+,25+,26-,27+,28-,30+,31-,32-,33+,34+,35-,36-,37+. The van der Waals surface area contributed by atoms with Crippen molar-refractivity contribution in [3.63, 3.8) is 0 Å². The number of methoxy groups -OCH3 is 2. The number of ether oxygens (including phenoxy) is 2. The fourth-order valence-electron chi connectivity index (χ4n) is 17.6. The van der Waals surface area contributed by atoms with Crippen molar-refractivity contribution in [1.29, 1.82) is 10.5 Å². The molecule has 0 saturated heterocycles. The van der Waals surface area contributed by atoms with Crippen LogP contribution < -0.4 is 9.47 Å². The normalized spacial score (nSPS) is 52.0. The van der Waals surface area contributed by atoms with Crippen LogP contribution in [0, 0.1) is 117 Å². The van der Waals surface area contributed by atoms with Gasteiger partial charge in [0, 0.05) is 21.9 Å². The molecule has 10 bridgehead atoms. The summed E-state index contributed by atoms with van der Waals surface area (Å²) in [5.74, 6) is 17.1. The highest BCUT2D eigenvalue weighted by atomic mass is 16.5. The van der Waals surface area contributed by atoms with Crippen LogP contribution in [0.25, 0.3) is 10.8 Å². The van der Waals surface area contributed by atoms with E-state index in [0.29, 0.717) is 29.2 Å². The lowest BCUT2D eigenvalue weighted by Gasteiger charge is -2.58. The second-order valence-corrected chi connectivity index (χ2v) is 17.4. The van der Waals surface area contributed by atoms with Gasteiger partial charge in [0.25, 0.3) is 0 Å². The summed E-state index contributed by atoms with van der Waals surface area (Å²) in [4.78, 5) is 0. The molecule has 0 amide bonds. The van der Waals surface area contributed by atoms with E-state index in [1.54, 1.807) is 0 Å². The summed E-state index contributed by atoms with van der Waals surface area (Å²) in [6.45, 7) is 0. The van der Waals surface area contributed by atoms with Gasteiger partial charge in [0.05, 0.1) is 14.2 Å². The number of rotatable bonds is 2. The van der Waals surface area contributed by atoms with Crippen molar-refractivity contribution >= 4 is 10.8 Å². The van der Waals surface area contributed by atoms with E-state index >= 15 is 0 Å². The van der Waals surface area contributed by atoms with Gasteiger partial charge in [-0.2, -0.15) is 10.5 Å². The molecular weight excluding hydrogens is 552 g/mol. The molecule has 0 spiro atoms. The fourth-order valence-corrected chi connectivity index (χ4v) is 17.6. The summed E-state index contributed by atoms with van der Waals surface area (Å²) < 4.78 is 12.7. The number of hydrogen-bond acceptors (Lipinski definition) is 4. The van der Waals surface area contributed by atoms with Gasteiger partial charge in [-0.3, -0.25) is 0 Å². The Bertz CT molecular complexity index is 1720. The molecule has 0 N–H and O–H groups in total. The van der Waals surface area contributed by atoms with Crippen molar-refractivity contribution < 1.29 is 9.47 Å². The highest BCUT2D eigenvalue weighted by Crippen LogP contribution is 2.85. The molecule has 0 heterocycles. The van der Waals surface area contributed by atoms with Crippen molar-refractivity contribution in [3.8, 4) is 23.6 Å². The summed E-state index contributed by atoms with van der Waals surface area (Å²) in [6.07, 6.45) is 9.63. The molecule has 0 aliphatic heterocycles. The molecule has 9 saturated carbocycles. The van der Waals surface area contributed by atoms with Gasteiger partial charge in [0.15, 0.2) is 0 Å². The second kappa shape index (κ2) is 8.11. The zero-order valence-corrected chi connectivity index (χ0v) is 26.4. The molecular formula is C41H42N2O2. The molecule has 9 fully saturated rings. The van der Waals surface area contributed by atoms with Crippen LogP contribution in [0.2, 0.25) is 0 Å². The average Bonchev–Trinajstić information content (AvgIpc) is 3.93. The lowest BCUT2D eigenvalue weighted by atomic mass is 9.46. The molecule has 4 heteroatoms. The molecule has 18 atom stereocenters. The zero-order chi connectivity index (χ0) is 29.6. The predicted molar refractivity (Wildman–Crippen MR) is 169 cm³/mol. The number of fused-ring (bicyclic) bond motifs is 25. The van der Waals surface area contributed by atoms with Gasteiger partial charge in [-0.1, -0.05) is 24.3 Å². The maximum absolute atomic E-state index is 9.88. The fraction of sp³-hybridized carbons (Fsp3) is 0.659. The van der Waals surface area contributed by atoms with Crippen molar-refractivity contribution in [3.05, 3.63) is 46.5 Å². The number of benzene rings is 2. The third kappa shape index (κ3) is 2.50. The van der Waals surface area contributed by atoms with E-state index in [2.05, 4.69) is 36.4 Å². The Hall–Kier alpha value is -2.98. The van der Waals surface area contributed by atoms with Crippen LogP contribution in [0.1, 0.15) is 67.9 Å². The number of hydrogen-bond donors (Lipinski definition) is 0. The van der Waals surface area contributed by atoms with Gasteiger partial charge < -0.3 is 9.47 Å². The van der Waals surface area contributed by atoms with Gasteiger partial charge in [-0.05, 0) is 157 Å². The van der Waals surface area contributed by atoms with E-state index in [0.717, 1.165) is 94.3 Å². The molecule has 2 aromatic rings. The Morgan fingerprint density at radius 3 is 1.29 bits per heavy atom. The minimum absolute atomic E-state index is 0.497. The Morgan fingerprint density at radius 2 is 0.911 bits per heavy atom. The highest BCUT2D eigenvalue weighted by Gasteiger charge is 2.79. The largest absolute Gasteiger partial charge is 0.496 e. The third-order valence-corrected chi connectivity index (χ3v) is 17.4. The zero-order valence-electron chi connectivity index (χ0n) is 26.4. The average molecular weight is 595 g/mol. The molecule has 0 radical (unpaired) electrons. The minimum atomic E-state index is 0.497. The highest BCUT2D eigenvalue weighted by molar-refractivity contribution is 5.97. The maximum Gasteiger partial charge on any atom is 0.130 e. The van der Waals surface area contributed by atoms with E-state index in [-0.39, 0.29) is 0 Å². The summed E-state index contributed by atoms with van der Waals surface area (Å²) in [7, 11) is 3.80. The van der Waals surface area contributed by atoms with Crippen molar-refractivity contribution in [2.45, 2.75) is 56.8 Å². The smallest absolute Gasteiger partial charge is 0.130 e. The van der Waals surface area contributed by atoms with E-state index < -0.39 is 0 Å². The Labute approximate surface area is 266 Å². The van der Waals surface area contributed by atoms with Gasteiger partial charge in [-0.15, -0.1) is 0 Å². The quantitative estimate of drug-likeness (QED) is 0.260. The monoisotopic (exact) mass is 594 g/mol. The second-order valence-electron chi connectivity index (χ2n) is 17.4. The lowest BCUT2D eigenvalue weighted by molar-refractivity contribution is -0.0689. The summed E-state index contributed by atoms with van der Waals surface area (Å²) >= 11 is 0. The maximum atomic E-state index is 9.88. The minimum Gasteiger partial charge on any atom is -0.496 e. The van der Waals surface area contributed by atoms with Crippen LogP contribution in [0.15, 0.2) is 35.4 Å². The predicted octanol–water partition coefficient (Wildman–Crippen LogP) is 8.09. The van der Waals surface area contributed by atoms with E-state index in [4.69, 9.17) is 9.47 Å². The van der Waals surface area contributed by atoms with Gasteiger partial charge in [-0.25, -0.2) is 0 Å². The molecule has 0 aromatic heterocycles. The molecule has 228 valence electrons. The first-order valence-electron chi connectivity index (χ1n) is 18.4. The summed E-state index contributed by atoms with van der Waals surface area (Å²) in [6, 6.07) is 13.5. The van der Waals surface area contributed by atoms with E-state index in [1.807, 2.05) is 14.2 Å². The van der Waals surface area contributed by atoms with E-state index in [1.165, 1.54) is 72.4 Å². The van der Waals surface area contributed by atoms with Crippen LogP contribution in [-0.4, -0.2) is 14.2 Å². The van der Waals surface area contributed by atoms with Crippen LogP contribution in [0.5, 0.6) is 11.5 Å². The third-order valence-electron chi connectivity index (χ3n) is 17.4. The SMILES string of the molecule is COc1c2c(c(OC)c3ccccc13)[C@@H]1CC[C@H]2[C@H]2[C@H]3C[C@H]([C@@H]4[C@H]5C[C@@H]([C@H]34)[C@H]3[C@H]4C[C@@H]([C@@H]53)[C@H]3[C@@H]4[C@H]4CC[C@@H]3C4=C(C#N)C#N)[C@H]21. The first-order chi connectivity index (χ1) is 22.2. The van der Waals surface area contributed by atoms with Crippen LogP contribution in [-0.2, 0) is 0 Å².